The molecular weight excluding hydrogens is 262 g/mol. The fraction of sp³-hybridized carbons (Fsp3) is 0.167. The Labute approximate surface area is 124 Å². The molecule has 1 aliphatic rings. The molecular formula is C18H17NO2. The highest BCUT2D eigenvalue weighted by Gasteiger charge is 2.24. The molecule has 0 saturated carbocycles. The lowest BCUT2D eigenvalue weighted by atomic mass is 9.96. The van der Waals surface area contributed by atoms with Crippen LogP contribution >= 0.6 is 0 Å². The minimum atomic E-state index is -0.139. The first kappa shape index (κ1) is 13.4. The Balaban J connectivity index is 1.59. The summed E-state index contributed by atoms with van der Waals surface area (Å²) >= 11 is 0. The lowest BCUT2D eigenvalue weighted by Gasteiger charge is -2.23. The Morgan fingerprint density at radius 2 is 1.86 bits per heavy atom. The average molecular weight is 279 g/mol. The predicted molar refractivity (Wildman–Crippen MR) is 82.7 cm³/mol. The molecule has 1 aliphatic heterocycles. The molecule has 0 unspecified atom stereocenters. The molecule has 1 N–H and O–H groups in total. The van der Waals surface area contributed by atoms with Crippen LogP contribution in [-0.4, -0.2) is 12.5 Å². The molecule has 1 heterocycles. The minimum absolute atomic E-state index is 0.00307. The van der Waals surface area contributed by atoms with E-state index in [-0.39, 0.29) is 11.8 Å². The fourth-order valence-electron chi connectivity index (χ4n) is 2.40. The predicted octanol–water partition coefficient (Wildman–Crippen LogP) is 3.02. The van der Waals surface area contributed by atoms with Gasteiger partial charge in [-0.05, 0) is 29.7 Å². The van der Waals surface area contributed by atoms with Gasteiger partial charge in [-0.15, -0.1) is 0 Å². The Morgan fingerprint density at radius 1 is 1.10 bits per heavy atom. The highest BCUT2D eigenvalue weighted by Crippen LogP contribution is 2.26. The van der Waals surface area contributed by atoms with Crippen LogP contribution in [0.2, 0.25) is 0 Å². The molecule has 3 nitrogen and oxygen atoms in total. The van der Waals surface area contributed by atoms with Crippen molar-refractivity contribution in [1.29, 1.82) is 0 Å². The van der Waals surface area contributed by atoms with Gasteiger partial charge < -0.3 is 10.1 Å². The first-order chi connectivity index (χ1) is 10.3. The molecule has 1 amide bonds. The van der Waals surface area contributed by atoms with Gasteiger partial charge in [-0.3, -0.25) is 4.79 Å². The summed E-state index contributed by atoms with van der Waals surface area (Å²) in [5.41, 5.74) is 2.15. The number of rotatable bonds is 3. The summed E-state index contributed by atoms with van der Waals surface area (Å²) in [7, 11) is 0. The van der Waals surface area contributed by atoms with Crippen LogP contribution in [0.15, 0.2) is 60.8 Å². The van der Waals surface area contributed by atoms with Crippen molar-refractivity contribution in [1.82, 2.24) is 5.32 Å². The van der Waals surface area contributed by atoms with E-state index in [1.165, 1.54) is 0 Å². The molecule has 0 radical (unpaired) electrons. The van der Waals surface area contributed by atoms with Gasteiger partial charge in [0.25, 0.3) is 0 Å². The summed E-state index contributed by atoms with van der Waals surface area (Å²) in [4.78, 5) is 12.2. The molecule has 0 bridgehead atoms. The van der Waals surface area contributed by atoms with Crippen molar-refractivity contribution >= 4 is 12.0 Å². The molecule has 0 aliphatic carbocycles. The third-order valence-electron chi connectivity index (χ3n) is 3.55. The van der Waals surface area contributed by atoms with E-state index in [9.17, 15) is 4.79 Å². The maximum atomic E-state index is 12.2. The second-order valence-corrected chi connectivity index (χ2v) is 5.07. The monoisotopic (exact) mass is 279 g/mol. The quantitative estimate of drug-likeness (QED) is 0.938. The van der Waals surface area contributed by atoms with Gasteiger partial charge in [-0.25, -0.2) is 0 Å². The molecule has 0 fully saturated rings. The van der Waals surface area contributed by atoms with Gasteiger partial charge in [-0.2, -0.15) is 0 Å². The minimum Gasteiger partial charge on any atom is -0.492 e. The van der Waals surface area contributed by atoms with Gasteiger partial charge in [0.1, 0.15) is 12.4 Å². The summed E-state index contributed by atoms with van der Waals surface area (Å²) in [6, 6.07) is 17.7. The highest BCUT2D eigenvalue weighted by molar-refractivity contribution is 5.81. The van der Waals surface area contributed by atoms with Crippen LogP contribution in [-0.2, 0) is 11.2 Å². The van der Waals surface area contributed by atoms with Gasteiger partial charge in [0.2, 0.25) is 5.91 Å². The highest BCUT2D eigenvalue weighted by atomic mass is 16.5. The average Bonchev–Trinajstić information content (AvgIpc) is 2.55. The molecule has 21 heavy (non-hydrogen) atoms. The fourth-order valence-corrected chi connectivity index (χ4v) is 2.40. The van der Waals surface area contributed by atoms with E-state index >= 15 is 0 Å². The van der Waals surface area contributed by atoms with Gasteiger partial charge in [0, 0.05) is 6.20 Å². The van der Waals surface area contributed by atoms with Gasteiger partial charge in [0.15, 0.2) is 0 Å². The van der Waals surface area contributed by atoms with Crippen molar-refractivity contribution in [2.45, 2.75) is 6.42 Å². The van der Waals surface area contributed by atoms with Crippen molar-refractivity contribution in [3.05, 3.63) is 71.9 Å². The van der Waals surface area contributed by atoms with Crippen LogP contribution in [0.25, 0.3) is 6.08 Å². The van der Waals surface area contributed by atoms with Gasteiger partial charge in [-0.1, -0.05) is 48.5 Å². The topological polar surface area (TPSA) is 38.3 Å². The SMILES string of the molecule is O=C(NC=Cc1ccccc1)[C@H]1COc2ccccc2C1. The third kappa shape index (κ3) is 3.31. The van der Waals surface area contributed by atoms with E-state index in [0.717, 1.165) is 23.3 Å². The largest absolute Gasteiger partial charge is 0.492 e. The second-order valence-electron chi connectivity index (χ2n) is 5.07. The number of fused-ring (bicyclic) bond motifs is 1. The number of benzene rings is 2. The number of amides is 1. The molecule has 0 aromatic heterocycles. The molecule has 3 heteroatoms. The second kappa shape index (κ2) is 6.27. The Bertz CT molecular complexity index is 649. The maximum Gasteiger partial charge on any atom is 0.230 e. The van der Waals surface area contributed by atoms with E-state index in [4.69, 9.17) is 4.74 Å². The number of carbonyl (C=O) groups excluding carboxylic acids is 1. The standard InChI is InChI=1S/C18H17NO2/c20-18(19-11-10-14-6-2-1-3-7-14)16-12-15-8-4-5-9-17(15)21-13-16/h1-11,16H,12-13H2,(H,19,20)/t16-/m1/s1. The Morgan fingerprint density at radius 3 is 2.71 bits per heavy atom. The lowest BCUT2D eigenvalue weighted by Crippen LogP contribution is -2.34. The Kier molecular flexibility index (Phi) is 4.01. The molecule has 2 aromatic carbocycles. The number of nitrogens with one attached hydrogen (secondary N) is 1. The van der Waals surface area contributed by atoms with Crippen LogP contribution in [0, 0.1) is 5.92 Å². The first-order valence-electron chi connectivity index (χ1n) is 7.05. The molecule has 106 valence electrons. The van der Waals surface area contributed by atoms with E-state index in [1.54, 1.807) is 6.20 Å². The van der Waals surface area contributed by atoms with Crippen molar-refractivity contribution in [2.75, 3.05) is 6.61 Å². The molecule has 0 saturated heterocycles. The molecule has 1 atom stereocenters. The smallest absolute Gasteiger partial charge is 0.230 e. The number of carbonyl (C=O) groups is 1. The molecule has 2 aromatic rings. The van der Waals surface area contributed by atoms with Crippen molar-refractivity contribution in [3.8, 4) is 5.75 Å². The first-order valence-corrected chi connectivity index (χ1v) is 7.05. The van der Waals surface area contributed by atoms with Gasteiger partial charge in [0.05, 0.1) is 5.92 Å². The van der Waals surface area contributed by atoms with Crippen molar-refractivity contribution in [3.63, 3.8) is 0 Å². The zero-order valence-electron chi connectivity index (χ0n) is 11.7. The molecule has 0 spiro atoms. The van der Waals surface area contributed by atoms with E-state index in [0.29, 0.717) is 6.61 Å². The number of para-hydroxylation sites is 1. The Hall–Kier alpha value is -2.55. The maximum absolute atomic E-state index is 12.2. The van der Waals surface area contributed by atoms with E-state index in [1.807, 2.05) is 60.7 Å². The summed E-state index contributed by atoms with van der Waals surface area (Å²) < 4.78 is 5.64. The number of hydrogen-bond acceptors (Lipinski definition) is 2. The zero-order valence-corrected chi connectivity index (χ0v) is 11.7. The summed E-state index contributed by atoms with van der Waals surface area (Å²) in [6.45, 7) is 0.433. The summed E-state index contributed by atoms with van der Waals surface area (Å²) in [6.07, 6.45) is 4.30. The molecule has 3 rings (SSSR count). The van der Waals surface area contributed by atoms with Crippen LogP contribution in [0.1, 0.15) is 11.1 Å². The van der Waals surface area contributed by atoms with Crippen molar-refractivity contribution in [2.24, 2.45) is 5.92 Å². The van der Waals surface area contributed by atoms with Crippen LogP contribution in [0.4, 0.5) is 0 Å². The summed E-state index contributed by atoms with van der Waals surface area (Å²) in [5, 5.41) is 2.83. The van der Waals surface area contributed by atoms with Crippen LogP contribution in [0.3, 0.4) is 0 Å². The number of ether oxygens (including phenoxy) is 1. The zero-order chi connectivity index (χ0) is 14.5. The van der Waals surface area contributed by atoms with Crippen LogP contribution < -0.4 is 10.1 Å². The van der Waals surface area contributed by atoms with E-state index < -0.39 is 0 Å². The lowest BCUT2D eigenvalue weighted by molar-refractivity contribution is -0.125. The van der Waals surface area contributed by atoms with E-state index in [2.05, 4.69) is 5.32 Å². The third-order valence-corrected chi connectivity index (χ3v) is 3.55. The summed E-state index contributed by atoms with van der Waals surface area (Å²) in [5.74, 6) is 0.749. The van der Waals surface area contributed by atoms with Crippen molar-refractivity contribution < 1.29 is 9.53 Å². The number of hydrogen-bond donors (Lipinski definition) is 1. The van der Waals surface area contributed by atoms with Crippen LogP contribution in [0.5, 0.6) is 5.75 Å². The normalized spacial score (nSPS) is 17.0. The van der Waals surface area contributed by atoms with Gasteiger partial charge >= 0.3 is 0 Å².